The first-order valence-electron chi connectivity index (χ1n) is 5.80. The van der Waals surface area contributed by atoms with Gasteiger partial charge in [-0.25, -0.2) is 0 Å². The summed E-state index contributed by atoms with van der Waals surface area (Å²) in [6.45, 7) is 8.40. The minimum absolute atomic E-state index is 0.345. The van der Waals surface area contributed by atoms with E-state index in [-0.39, 0.29) is 6.29 Å². The van der Waals surface area contributed by atoms with Gasteiger partial charge in [-0.1, -0.05) is 5.92 Å². The van der Waals surface area contributed by atoms with E-state index in [0.717, 1.165) is 6.54 Å². The van der Waals surface area contributed by atoms with Crippen LogP contribution >= 0.6 is 0 Å². The van der Waals surface area contributed by atoms with Crippen molar-refractivity contribution in [2.45, 2.75) is 33.0 Å². The van der Waals surface area contributed by atoms with Crippen LogP contribution in [0.3, 0.4) is 0 Å². The van der Waals surface area contributed by atoms with Crippen molar-refractivity contribution >= 4 is 0 Å². The van der Waals surface area contributed by atoms with Crippen LogP contribution in [0.15, 0.2) is 0 Å². The van der Waals surface area contributed by atoms with Crippen LogP contribution in [-0.4, -0.2) is 44.0 Å². The minimum atomic E-state index is -0.345. The fourth-order valence-electron chi connectivity index (χ4n) is 1.62. The average molecular weight is 211 g/mol. The van der Waals surface area contributed by atoms with Crippen molar-refractivity contribution < 1.29 is 9.47 Å². The van der Waals surface area contributed by atoms with Gasteiger partial charge in [-0.15, -0.1) is 0 Å². The molecule has 0 spiro atoms. The van der Waals surface area contributed by atoms with E-state index in [4.69, 9.17) is 9.47 Å². The van der Waals surface area contributed by atoms with E-state index in [1.807, 2.05) is 13.8 Å². The summed E-state index contributed by atoms with van der Waals surface area (Å²) in [5, 5.41) is 0. The number of ether oxygens (including phenoxy) is 2. The van der Waals surface area contributed by atoms with Crippen molar-refractivity contribution in [3.63, 3.8) is 0 Å². The van der Waals surface area contributed by atoms with Gasteiger partial charge >= 0.3 is 0 Å². The van der Waals surface area contributed by atoms with Gasteiger partial charge in [0.15, 0.2) is 0 Å². The van der Waals surface area contributed by atoms with Crippen molar-refractivity contribution in [1.29, 1.82) is 0 Å². The summed E-state index contributed by atoms with van der Waals surface area (Å²) in [5.74, 6) is 6.14. The van der Waals surface area contributed by atoms with Crippen LogP contribution in [-0.2, 0) is 9.47 Å². The van der Waals surface area contributed by atoms with E-state index >= 15 is 0 Å². The van der Waals surface area contributed by atoms with Crippen LogP contribution in [0.5, 0.6) is 0 Å². The third kappa shape index (κ3) is 5.17. The van der Waals surface area contributed by atoms with Crippen LogP contribution in [0.1, 0.15) is 26.7 Å². The highest BCUT2D eigenvalue weighted by Crippen LogP contribution is 2.05. The summed E-state index contributed by atoms with van der Waals surface area (Å²) >= 11 is 0. The lowest BCUT2D eigenvalue weighted by atomic mass is 10.4. The maximum absolute atomic E-state index is 5.33. The number of likely N-dealkylation sites (tertiary alicyclic amines) is 1. The van der Waals surface area contributed by atoms with Gasteiger partial charge in [-0.05, 0) is 45.7 Å². The molecule has 0 atom stereocenters. The maximum atomic E-state index is 5.33. The van der Waals surface area contributed by atoms with Gasteiger partial charge in [0.2, 0.25) is 6.29 Å². The molecule has 0 N–H and O–H groups in total. The highest BCUT2D eigenvalue weighted by Gasteiger charge is 2.09. The van der Waals surface area contributed by atoms with Gasteiger partial charge in [0.1, 0.15) is 0 Å². The Kier molecular flexibility index (Phi) is 6.42. The molecule has 0 aromatic carbocycles. The highest BCUT2D eigenvalue weighted by atomic mass is 16.7. The smallest absolute Gasteiger partial charge is 0.222 e. The second kappa shape index (κ2) is 7.70. The SMILES string of the molecule is CCOC(C#CCN1CCCC1)OCC. The summed E-state index contributed by atoms with van der Waals surface area (Å²) in [7, 11) is 0. The number of rotatable bonds is 5. The second-order valence-corrected chi connectivity index (χ2v) is 3.55. The zero-order valence-electron chi connectivity index (χ0n) is 9.79. The molecule has 0 aromatic rings. The van der Waals surface area contributed by atoms with Gasteiger partial charge in [0.25, 0.3) is 0 Å². The van der Waals surface area contributed by atoms with E-state index in [2.05, 4.69) is 16.7 Å². The monoisotopic (exact) mass is 211 g/mol. The molecule has 0 aromatic heterocycles. The molecular formula is C12H21NO2. The molecule has 0 aliphatic carbocycles. The topological polar surface area (TPSA) is 21.7 Å². The number of nitrogens with zero attached hydrogens (tertiary/aromatic N) is 1. The van der Waals surface area contributed by atoms with E-state index in [1.54, 1.807) is 0 Å². The Morgan fingerprint density at radius 3 is 2.27 bits per heavy atom. The highest BCUT2D eigenvalue weighted by molar-refractivity contribution is 5.04. The zero-order chi connectivity index (χ0) is 10.9. The maximum Gasteiger partial charge on any atom is 0.222 e. The minimum Gasteiger partial charge on any atom is -0.342 e. The molecule has 3 nitrogen and oxygen atoms in total. The van der Waals surface area contributed by atoms with Gasteiger partial charge in [0, 0.05) is 13.2 Å². The van der Waals surface area contributed by atoms with Crippen molar-refractivity contribution in [3.8, 4) is 11.8 Å². The molecule has 0 bridgehead atoms. The Morgan fingerprint density at radius 2 is 1.73 bits per heavy atom. The van der Waals surface area contributed by atoms with E-state index in [1.165, 1.54) is 25.9 Å². The van der Waals surface area contributed by atoms with E-state index in [0.29, 0.717) is 13.2 Å². The van der Waals surface area contributed by atoms with Crippen LogP contribution in [0.4, 0.5) is 0 Å². The summed E-state index contributed by atoms with van der Waals surface area (Å²) in [5.41, 5.74) is 0. The standard InChI is InChI=1S/C12H21NO2/c1-3-14-12(15-4-2)8-7-11-13-9-5-6-10-13/h12H,3-6,9-11H2,1-2H3. The first-order valence-corrected chi connectivity index (χ1v) is 5.80. The van der Waals surface area contributed by atoms with Gasteiger partial charge in [0.05, 0.1) is 6.54 Å². The molecule has 86 valence electrons. The summed E-state index contributed by atoms with van der Waals surface area (Å²) in [6, 6.07) is 0. The predicted molar refractivity (Wildman–Crippen MR) is 60.5 cm³/mol. The molecule has 1 saturated heterocycles. The molecule has 0 saturated carbocycles. The average Bonchev–Trinajstić information content (AvgIpc) is 2.71. The molecule has 3 heteroatoms. The molecular weight excluding hydrogens is 190 g/mol. The third-order valence-electron chi connectivity index (χ3n) is 2.36. The second-order valence-electron chi connectivity index (χ2n) is 3.55. The van der Waals surface area contributed by atoms with Crippen LogP contribution in [0, 0.1) is 11.8 Å². The molecule has 0 radical (unpaired) electrons. The largest absolute Gasteiger partial charge is 0.342 e. The Balaban J connectivity index is 2.25. The Bertz CT molecular complexity index is 207. The molecule has 0 amide bonds. The molecule has 1 aliphatic heterocycles. The lowest BCUT2D eigenvalue weighted by Gasteiger charge is -2.11. The summed E-state index contributed by atoms with van der Waals surface area (Å²) in [4.78, 5) is 2.36. The third-order valence-corrected chi connectivity index (χ3v) is 2.36. The number of hydrogen-bond donors (Lipinski definition) is 0. The first kappa shape index (κ1) is 12.5. The molecule has 1 heterocycles. The van der Waals surface area contributed by atoms with Crippen molar-refractivity contribution in [1.82, 2.24) is 4.90 Å². The molecule has 0 unspecified atom stereocenters. The molecule has 1 rings (SSSR count). The molecule has 1 fully saturated rings. The summed E-state index contributed by atoms with van der Waals surface area (Å²) in [6.07, 6.45) is 2.27. The quantitative estimate of drug-likeness (QED) is 0.508. The van der Waals surface area contributed by atoms with E-state index < -0.39 is 0 Å². The normalized spacial score (nSPS) is 16.7. The Hall–Kier alpha value is -0.560. The molecule has 15 heavy (non-hydrogen) atoms. The van der Waals surface area contributed by atoms with Crippen molar-refractivity contribution in [2.24, 2.45) is 0 Å². The van der Waals surface area contributed by atoms with Crippen molar-refractivity contribution in [3.05, 3.63) is 0 Å². The fraction of sp³-hybridized carbons (Fsp3) is 0.833. The Labute approximate surface area is 92.7 Å². The van der Waals surface area contributed by atoms with Crippen LogP contribution in [0.25, 0.3) is 0 Å². The zero-order valence-corrected chi connectivity index (χ0v) is 9.79. The Morgan fingerprint density at radius 1 is 1.13 bits per heavy atom. The van der Waals surface area contributed by atoms with Gasteiger partial charge in [-0.2, -0.15) is 0 Å². The van der Waals surface area contributed by atoms with Gasteiger partial charge in [-0.3, -0.25) is 4.90 Å². The fourth-order valence-corrected chi connectivity index (χ4v) is 1.62. The van der Waals surface area contributed by atoms with E-state index in [9.17, 15) is 0 Å². The molecule has 1 aliphatic rings. The lowest BCUT2D eigenvalue weighted by Crippen LogP contribution is -2.20. The van der Waals surface area contributed by atoms with Crippen molar-refractivity contribution in [2.75, 3.05) is 32.8 Å². The van der Waals surface area contributed by atoms with Crippen LogP contribution < -0.4 is 0 Å². The summed E-state index contributed by atoms with van der Waals surface area (Å²) < 4.78 is 10.7. The number of hydrogen-bond acceptors (Lipinski definition) is 3. The lowest BCUT2D eigenvalue weighted by molar-refractivity contribution is -0.0970. The van der Waals surface area contributed by atoms with Crippen LogP contribution in [0.2, 0.25) is 0 Å². The van der Waals surface area contributed by atoms with Gasteiger partial charge < -0.3 is 9.47 Å². The predicted octanol–water partition coefficient (Wildman–Crippen LogP) is 1.48. The first-order chi connectivity index (χ1) is 7.36.